The standard InChI is InChI=1S/C31H38ClN3O4S/c1-7-24(5)33-31(37)25(6)34(19-26-10-8-9-11-29(26)32)30(36)20-35(27-15-14-22(3)23(4)18-27)40(38,39)28-16-12-21(2)13-17-28/h8-18,24-25H,7,19-20H2,1-6H3,(H,33,37)/t24-,25+/m1/s1. The molecule has 0 heterocycles. The van der Waals surface area contributed by atoms with Crippen LogP contribution in [-0.2, 0) is 26.2 Å². The SMILES string of the molecule is CC[C@@H](C)NC(=O)[C@H](C)N(Cc1ccccc1Cl)C(=O)CN(c1ccc(C)c(C)c1)S(=O)(=O)c1ccc(C)cc1. The molecule has 0 radical (unpaired) electrons. The van der Waals surface area contributed by atoms with Gasteiger partial charge >= 0.3 is 0 Å². The number of carbonyl (C=O) groups excluding carboxylic acids is 2. The Hall–Kier alpha value is -3.36. The van der Waals surface area contributed by atoms with Crippen molar-refractivity contribution in [1.82, 2.24) is 10.2 Å². The fourth-order valence-corrected chi connectivity index (χ4v) is 5.71. The van der Waals surface area contributed by atoms with Crippen LogP contribution in [0, 0.1) is 20.8 Å². The van der Waals surface area contributed by atoms with Crippen molar-refractivity contribution in [2.24, 2.45) is 0 Å². The van der Waals surface area contributed by atoms with Crippen LogP contribution in [-0.4, -0.2) is 43.8 Å². The fraction of sp³-hybridized carbons (Fsp3) is 0.355. The Labute approximate surface area is 243 Å². The number of benzene rings is 3. The van der Waals surface area contributed by atoms with Crippen molar-refractivity contribution in [2.75, 3.05) is 10.8 Å². The second kappa shape index (κ2) is 13.3. The predicted molar refractivity (Wildman–Crippen MR) is 161 cm³/mol. The van der Waals surface area contributed by atoms with E-state index in [-0.39, 0.29) is 23.4 Å². The smallest absolute Gasteiger partial charge is 0.264 e. The molecule has 0 aromatic heterocycles. The second-order valence-corrected chi connectivity index (χ2v) is 12.5. The zero-order chi connectivity index (χ0) is 29.6. The molecule has 0 spiro atoms. The third kappa shape index (κ3) is 7.43. The van der Waals surface area contributed by atoms with E-state index in [9.17, 15) is 18.0 Å². The van der Waals surface area contributed by atoms with Crippen LogP contribution in [0.2, 0.25) is 5.02 Å². The number of hydrogen-bond donors (Lipinski definition) is 1. The van der Waals surface area contributed by atoms with Gasteiger partial charge in [0.1, 0.15) is 12.6 Å². The summed E-state index contributed by atoms with van der Waals surface area (Å²) in [6, 6.07) is 17.9. The maximum absolute atomic E-state index is 14.0. The molecule has 0 aliphatic heterocycles. The van der Waals surface area contributed by atoms with Gasteiger partial charge in [-0.3, -0.25) is 13.9 Å². The third-order valence-electron chi connectivity index (χ3n) is 7.13. The van der Waals surface area contributed by atoms with E-state index in [0.717, 1.165) is 27.4 Å². The average Bonchev–Trinajstić information content (AvgIpc) is 2.92. The van der Waals surface area contributed by atoms with E-state index < -0.39 is 28.5 Å². The van der Waals surface area contributed by atoms with Crippen LogP contribution in [0.15, 0.2) is 71.6 Å². The van der Waals surface area contributed by atoms with Crippen molar-refractivity contribution < 1.29 is 18.0 Å². The number of rotatable bonds is 11. The number of carbonyl (C=O) groups is 2. The van der Waals surface area contributed by atoms with Crippen LogP contribution in [0.25, 0.3) is 0 Å². The molecule has 7 nitrogen and oxygen atoms in total. The first kappa shape index (κ1) is 31.2. The molecule has 40 heavy (non-hydrogen) atoms. The summed E-state index contributed by atoms with van der Waals surface area (Å²) < 4.78 is 29.0. The minimum absolute atomic E-state index is 0.0406. The first-order valence-corrected chi connectivity index (χ1v) is 15.2. The lowest BCUT2D eigenvalue weighted by Gasteiger charge is -2.32. The molecule has 0 fully saturated rings. The number of halogens is 1. The van der Waals surface area contributed by atoms with E-state index in [1.807, 2.05) is 40.7 Å². The highest BCUT2D eigenvalue weighted by Crippen LogP contribution is 2.27. The van der Waals surface area contributed by atoms with Crippen molar-refractivity contribution in [3.63, 3.8) is 0 Å². The Morgan fingerprint density at radius 2 is 1.57 bits per heavy atom. The zero-order valence-electron chi connectivity index (χ0n) is 23.9. The summed E-state index contributed by atoms with van der Waals surface area (Å²) in [4.78, 5) is 28.6. The van der Waals surface area contributed by atoms with Gasteiger partial charge in [0, 0.05) is 17.6 Å². The Morgan fingerprint density at radius 3 is 2.17 bits per heavy atom. The number of nitrogens with zero attached hydrogens (tertiary/aromatic N) is 2. The molecule has 3 aromatic rings. The van der Waals surface area contributed by atoms with Gasteiger partial charge < -0.3 is 10.2 Å². The van der Waals surface area contributed by atoms with Crippen molar-refractivity contribution >= 4 is 39.1 Å². The average molecular weight is 584 g/mol. The minimum Gasteiger partial charge on any atom is -0.352 e. The highest BCUT2D eigenvalue weighted by molar-refractivity contribution is 7.92. The molecular formula is C31H38ClN3O4S. The molecule has 9 heteroatoms. The second-order valence-electron chi connectivity index (χ2n) is 10.2. The van der Waals surface area contributed by atoms with E-state index in [1.54, 1.807) is 55.5 Å². The number of hydrogen-bond acceptors (Lipinski definition) is 4. The van der Waals surface area contributed by atoms with Crippen LogP contribution >= 0.6 is 11.6 Å². The fourth-order valence-electron chi connectivity index (χ4n) is 4.11. The summed E-state index contributed by atoms with van der Waals surface area (Å²) in [5.74, 6) is -0.852. The molecule has 0 aliphatic carbocycles. The van der Waals surface area contributed by atoms with E-state index in [4.69, 9.17) is 11.6 Å². The molecule has 3 aromatic carbocycles. The molecule has 1 N–H and O–H groups in total. The highest BCUT2D eigenvalue weighted by Gasteiger charge is 2.33. The zero-order valence-corrected chi connectivity index (χ0v) is 25.5. The molecule has 2 amide bonds. The number of aryl methyl sites for hydroxylation is 3. The molecular weight excluding hydrogens is 546 g/mol. The summed E-state index contributed by atoms with van der Waals surface area (Å²) in [5.41, 5.74) is 3.83. The van der Waals surface area contributed by atoms with Gasteiger partial charge in [-0.2, -0.15) is 0 Å². The molecule has 2 atom stereocenters. The Kier molecular flexibility index (Phi) is 10.4. The van der Waals surface area contributed by atoms with Gasteiger partial charge in [0.05, 0.1) is 10.6 Å². The first-order valence-electron chi connectivity index (χ1n) is 13.3. The van der Waals surface area contributed by atoms with E-state index in [2.05, 4.69) is 5.32 Å². The number of anilines is 1. The Balaban J connectivity index is 2.06. The van der Waals surface area contributed by atoms with Crippen LogP contribution in [0.5, 0.6) is 0 Å². The molecule has 0 unspecified atom stereocenters. The topological polar surface area (TPSA) is 86.8 Å². The van der Waals surface area contributed by atoms with Gasteiger partial charge in [-0.25, -0.2) is 8.42 Å². The minimum atomic E-state index is -4.12. The van der Waals surface area contributed by atoms with Crippen LogP contribution < -0.4 is 9.62 Å². The number of sulfonamides is 1. The normalized spacial score (nSPS) is 12.9. The van der Waals surface area contributed by atoms with E-state index in [1.165, 1.54) is 17.0 Å². The lowest BCUT2D eigenvalue weighted by atomic mass is 10.1. The summed E-state index contributed by atoms with van der Waals surface area (Å²) in [6.07, 6.45) is 0.728. The Morgan fingerprint density at radius 1 is 0.925 bits per heavy atom. The summed E-state index contributed by atoms with van der Waals surface area (Å²) in [6.45, 7) is 10.7. The summed E-state index contributed by atoms with van der Waals surface area (Å²) >= 11 is 6.42. The summed E-state index contributed by atoms with van der Waals surface area (Å²) in [5, 5.41) is 3.38. The van der Waals surface area contributed by atoms with Crippen molar-refractivity contribution in [1.29, 1.82) is 0 Å². The lowest BCUT2D eigenvalue weighted by molar-refractivity contribution is -0.139. The number of amides is 2. The largest absolute Gasteiger partial charge is 0.352 e. The van der Waals surface area contributed by atoms with Gasteiger partial charge in [0.25, 0.3) is 10.0 Å². The van der Waals surface area contributed by atoms with Crippen LogP contribution in [0.3, 0.4) is 0 Å². The summed E-state index contributed by atoms with van der Waals surface area (Å²) in [7, 11) is -4.12. The van der Waals surface area contributed by atoms with Crippen molar-refractivity contribution in [3.8, 4) is 0 Å². The van der Waals surface area contributed by atoms with Gasteiger partial charge in [0.15, 0.2) is 0 Å². The molecule has 0 saturated heterocycles. The quantitative estimate of drug-likeness (QED) is 0.309. The van der Waals surface area contributed by atoms with Gasteiger partial charge in [-0.15, -0.1) is 0 Å². The maximum atomic E-state index is 14.0. The monoisotopic (exact) mass is 583 g/mol. The maximum Gasteiger partial charge on any atom is 0.264 e. The molecule has 0 saturated carbocycles. The molecule has 214 valence electrons. The van der Waals surface area contributed by atoms with Gasteiger partial charge in [-0.05, 0) is 88.1 Å². The van der Waals surface area contributed by atoms with Gasteiger partial charge in [0.2, 0.25) is 11.8 Å². The predicted octanol–water partition coefficient (Wildman–Crippen LogP) is 5.79. The first-order chi connectivity index (χ1) is 18.8. The lowest BCUT2D eigenvalue weighted by Crippen LogP contribution is -2.52. The van der Waals surface area contributed by atoms with Crippen LogP contribution in [0.4, 0.5) is 5.69 Å². The number of nitrogens with one attached hydrogen (secondary N) is 1. The van der Waals surface area contributed by atoms with Gasteiger partial charge in [-0.1, -0.05) is 60.5 Å². The van der Waals surface area contributed by atoms with E-state index in [0.29, 0.717) is 16.3 Å². The highest BCUT2D eigenvalue weighted by atomic mass is 35.5. The third-order valence-corrected chi connectivity index (χ3v) is 9.29. The van der Waals surface area contributed by atoms with Crippen molar-refractivity contribution in [2.45, 2.75) is 71.5 Å². The molecule has 0 aliphatic rings. The van der Waals surface area contributed by atoms with E-state index >= 15 is 0 Å². The Bertz CT molecular complexity index is 1460. The molecule has 3 rings (SSSR count). The van der Waals surface area contributed by atoms with Crippen LogP contribution in [0.1, 0.15) is 49.4 Å². The van der Waals surface area contributed by atoms with Crippen molar-refractivity contribution in [3.05, 3.63) is 94.0 Å². The molecule has 0 bridgehead atoms.